The van der Waals surface area contributed by atoms with Crippen LogP contribution in [-0.2, 0) is 14.3 Å². The van der Waals surface area contributed by atoms with Crippen LogP contribution in [0.15, 0.2) is 0 Å². The maximum Gasteiger partial charge on any atom is 0.323 e. The number of rotatable bonds is 8. The molecule has 0 heterocycles. The topological polar surface area (TPSA) is 47.6 Å². The van der Waals surface area contributed by atoms with Crippen LogP contribution in [0.3, 0.4) is 0 Å². The summed E-state index contributed by atoms with van der Waals surface area (Å²) in [6.45, 7) is 5.72. The van der Waals surface area contributed by atoms with E-state index in [9.17, 15) is 4.79 Å². The Labute approximate surface area is 86.0 Å². The molecule has 14 heavy (non-hydrogen) atoms. The summed E-state index contributed by atoms with van der Waals surface area (Å²) in [7, 11) is 1.67. The summed E-state index contributed by atoms with van der Waals surface area (Å²) in [4.78, 5) is 11.3. The van der Waals surface area contributed by atoms with Crippen LogP contribution in [0.2, 0.25) is 0 Å². The second kappa shape index (κ2) is 8.97. The maximum atomic E-state index is 11.3. The highest BCUT2D eigenvalue weighted by Crippen LogP contribution is 1.95. The first-order chi connectivity index (χ1) is 6.76. The quantitative estimate of drug-likeness (QED) is 0.471. The Bertz CT molecular complexity index is 150. The lowest BCUT2D eigenvalue weighted by Gasteiger charge is -2.14. The van der Waals surface area contributed by atoms with E-state index in [1.807, 2.05) is 13.8 Å². The Morgan fingerprint density at radius 1 is 1.43 bits per heavy atom. The molecule has 0 aliphatic heterocycles. The van der Waals surface area contributed by atoms with Crippen LogP contribution in [0.5, 0.6) is 0 Å². The zero-order valence-corrected chi connectivity index (χ0v) is 9.34. The van der Waals surface area contributed by atoms with Crippen LogP contribution in [0, 0.1) is 0 Å². The van der Waals surface area contributed by atoms with E-state index in [1.54, 1.807) is 7.11 Å². The minimum atomic E-state index is -0.174. The van der Waals surface area contributed by atoms with E-state index in [0.717, 1.165) is 19.4 Å². The molecule has 4 nitrogen and oxygen atoms in total. The summed E-state index contributed by atoms with van der Waals surface area (Å²) in [6.07, 6.45) is 1.66. The summed E-state index contributed by atoms with van der Waals surface area (Å²) in [5, 5.41) is 3.13. The molecule has 1 atom stereocenters. The molecule has 0 rings (SSSR count). The summed E-state index contributed by atoms with van der Waals surface area (Å²) >= 11 is 0. The van der Waals surface area contributed by atoms with Gasteiger partial charge in [-0.3, -0.25) is 4.79 Å². The van der Waals surface area contributed by atoms with Gasteiger partial charge in [0.1, 0.15) is 6.04 Å². The number of hydrogen-bond acceptors (Lipinski definition) is 4. The molecule has 0 aromatic carbocycles. The van der Waals surface area contributed by atoms with Crippen molar-refractivity contribution in [2.24, 2.45) is 0 Å². The summed E-state index contributed by atoms with van der Waals surface area (Å²) in [6, 6.07) is -0.174. The van der Waals surface area contributed by atoms with Crippen LogP contribution in [0.25, 0.3) is 0 Å². The fourth-order valence-corrected chi connectivity index (χ4v) is 1.13. The van der Waals surface area contributed by atoms with Gasteiger partial charge in [0.2, 0.25) is 0 Å². The first-order valence-electron chi connectivity index (χ1n) is 5.15. The molecule has 0 spiro atoms. The number of nitrogens with one attached hydrogen (secondary N) is 1. The third-order valence-electron chi connectivity index (χ3n) is 1.90. The number of carbonyl (C=O) groups is 1. The maximum absolute atomic E-state index is 11.3. The lowest BCUT2D eigenvalue weighted by molar-refractivity contribution is -0.145. The number of methoxy groups -OCH3 is 1. The normalized spacial score (nSPS) is 12.5. The highest BCUT2D eigenvalue weighted by Gasteiger charge is 2.15. The molecule has 0 aliphatic carbocycles. The minimum absolute atomic E-state index is 0.160. The third kappa shape index (κ3) is 5.94. The van der Waals surface area contributed by atoms with E-state index in [0.29, 0.717) is 13.2 Å². The molecule has 84 valence electrons. The summed E-state index contributed by atoms with van der Waals surface area (Å²) < 4.78 is 9.83. The third-order valence-corrected chi connectivity index (χ3v) is 1.90. The van der Waals surface area contributed by atoms with Crippen molar-refractivity contribution in [3.8, 4) is 0 Å². The lowest BCUT2D eigenvalue weighted by Crippen LogP contribution is -2.38. The van der Waals surface area contributed by atoms with Crippen molar-refractivity contribution in [3.05, 3.63) is 0 Å². The molecule has 0 aliphatic rings. The Hall–Kier alpha value is -0.610. The number of hydrogen-bond donors (Lipinski definition) is 1. The van der Waals surface area contributed by atoms with E-state index in [4.69, 9.17) is 9.47 Å². The number of ether oxygens (including phenoxy) is 2. The second-order valence-electron chi connectivity index (χ2n) is 3.01. The molecule has 1 N–H and O–H groups in total. The van der Waals surface area contributed by atoms with Crippen molar-refractivity contribution in [1.29, 1.82) is 0 Å². The van der Waals surface area contributed by atoms with E-state index in [1.165, 1.54) is 0 Å². The average Bonchev–Trinajstić information content (AvgIpc) is 2.18. The molecule has 0 bridgehead atoms. The largest absolute Gasteiger partial charge is 0.465 e. The van der Waals surface area contributed by atoms with E-state index >= 15 is 0 Å². The fraction of sp³-hybridized carbons (Fsp3) is 0.900. The molecule has 0 saturated carbocycles. The Kier molecular flexibility index (Phi) is 8.57. The molecular weight excluding hydrogens is 182 g/mol. The summed E-state index contributed by atoms with van der Waals surface area (Å²) in [5.41, 5.74) is 0. The van der Waals surface area contributed by atoms with Gasteiger partial charge in [-0.25, -0.2) is 0 Å². The van der Waals surface area contributed by atoms with Gasteiger partial charge < -0.3 is 14.8 Å². The molecule has 4 heteroatoms. The number of esters is 1. The van der Waals surface area contributed by atoms with Crippen LogP contribution >= 0.6 is 0 Å². The molecule has 0 aromatic heterocycles. The molecular formula is C10H21NO3. The van der Waals surface area contributed by atoms with Crippen molar-refractivity contribution in [3.63, 3.8) is 0 Å². The van der Waals surface area contributed by atoms with Gasteiger partial charge in [0, 0.05) is 13.7 Å². The zero-order chi connectivity index (χ0) is 10.8. The predicted molar refractivity (Wildman–Crippen MR) is 55.2 cm³/mol. The monoisotopic (exact) mass is 203 g/mol. The Balaban J connectivity index is 3.62. The Morgan fingerprint density at radius 3 is 2.64 bits per heavy atom. The van der Waals surface area contributed by atoms with Crippen LogP contribution in [0.1, 0.15) is 26.7 Å². The molecule has 0 amide bonds. The number of carbonyl (C=O) groups excluding carboxylic acids is 1. The van der Waals surface area contributed by atoms with Crippen molar-refractivity contribution in [2.75, 3.05) is 26.9 Å². The molecule has 0 aromatic rings. The molecule has 0 radical (unpaired) electrons. The van der Waals surface area contributed by atoms with Crippen LogP contribution < -0.4 is 5.32 Å². The zero-order valence-electron chi connectivity index (χ0n) is 9.34. The van der Waals surface area contributed by atoms with Gasteiger partial charge in [0.25, 0.3) is 0 Å². The average molecular weight is 203 g/mol. The minimum Gasteiger partial charge on any atom is -0.465 e. The molecule has 1 unspecified atom stereocenters. The van der Waals surface area contributed by atoms with Crippen molar-refractivity contribution in [2.45, 2.75) is 32.7 Å². The molecule has 0 saturated heterocycles. The van der Waals surface area contributed by atoms with Gasteiger partial charge in [-0.1, -0.05) is 6.92 Å². The van der Waals surface area contributed by atoms with E-state index in [-0.39, 0.29) is 12.0 Å². The van der Waals surface area contributed by atoms with E-state index in [2.05, 4.69) is 5.32 Å². The lowest BCUT2D eigenvalue weighted by atomic mass is 10.2. The van der Waals surface area contributed by atoms with Crippen molar-refractivity contribution in [1.82, 2.24) is 5.32 Å². The van der Waals surface area contributed by atoms with Gasteiger partial charge in [0.15, 0.2) is 0 Å². The van der Waals surface area contributed by atoms with Gasteiger partial charge >= 0.3 is 5.97 Å². The van der Waals surface area contributed by atoms with Gasteiger partial charge in [0.05, 0.1) is 6.61 Å². The SMILES string of the molecule is CCOC(=O)C(CC)NCCCOC. The summed E-state index contributed by atoms with van der Waals surface area (Å²) in [5.74, 6) is -0.160. The van der Waals surface area contributed by atoms with Crippen LogP contribution in [0.4, 0.5) is 0 Å². The van der Waals surface area contributed by atoms with Crippen LogP contribution in [-0.4, -0.2) is 38.9 Å². The Morgan fingerprint density at radius 2 is 2.14 bits per heavy atom. The van der Waals surface area contributed by atoms with E-state index < -0.39 is 0 Å². The highest BCUT2D eigenvalue weighted by atomic mass is 16.5. The predicted octanol–water partition coefficient (Wildman–Crippen LogP) is 0.954. The standard InChI is InChI=1S/C10H21NO3/c1-4-9(10(12)14-5-2)11-7-6-8-13-3/h9,11H,4-8H2,1-3H3. The van der Waals surface area contributed by atoms with Gasteiger partial charge in [-0.05, 0) is 26.3 Å². The van der Waals surface area contributed by atoms with Gasteiger partial charge in [-0.15, -0.1) is 0 Å². The first kappa shape index (κ1) is 13.4. The highest BCUT2D eigenvalue weighted by molar-refractivity contribution is 5.75. The fourth-order valence-electron chi connectivity index (χ4n) is 1.13. The van der Waals surface area contributed by atoms with Crippen molar-refractivity contribution >= 4 is 5.97 Å². The smallest absolute Gasteiger partial charge is 0.323 e. The van der Waals surface area contributed by atoms with Gasteiger partial charge in [-0.2, -0.15) is 0 Å². The first-order valence-corrected chi connectivity index (χ1v) is 5.15. The second-order valence-corrected chi connectivity index (χ2v) is 3.01. The molecule has 0 fully saturated rings. The van der Waals surface area contributed by atoms with Crippen molar-refractivity contribution < 1.29 is 14.3 Å².